The molecule has 0 aliphatic heterocycles. The SMILES string of the molecule is CCOC1=CC(=C2C=CC(=O)C(O)=C2)C=C(OCC)c2c(C)oc(C)c21. The largest absolute Gasteiger partial charge is 0.504 e. The summed E-state index contributed by atoms with van der Waals surface area (Å²) < 4.78 is 17.6. The minimum atomic E-state index is -0.409. The normalized spacial score (nSPS) is 16.6. The number of furan rings is 1. The van der Waals surface area contributed by atoms with Crippen LogP contribution in [0.1, 0.15) is 36.5 Å². The van der Waals surface area contributed by atoms with Crippen molar-refractivity contribution >= 4 is 17.3 Å². The molecule has 3 rings (SSSR count). The predicted molar refractivity (Wildman–Crippen MR) is 99.3 cm³/mol. The zero-order valence-corrected chi connectivity index (χ0v) is 15.4. The van der Waals surface area contributed by atoms with Crippen molar-refractivity contribution < 1.29 is 23.8 Å². The average Bonchev–Trinajstić information content (AvgIpc) is 2.79. The van der Waals surface area contributed by atoms with E-state index in [1.807, 2.05) is 39.8 Å². The van der Waals surface area contributed by atoms with Crippen molar-refractivity contribution in [1.29, 1.82) is 0 Å². The molecule has 0 unspecified atom stereocenters. The van der Waals surface area contributed by atoms with Crippen molar-refractivity contribution in [2.75, 3.05) is 13.2 Å². The van der Waals surface area contributed by atoms with Crippen molar-refractivity contribution in [3.8, 4) is 0 Å². The number of aliphatic hydroxyl groups excluding tert-OH is 1. The second-order valence-electron chi connectivity index (χ2n) is 5.99. The van der Waals surface area contributed by atoms with E-state index in [0.717, 1.165) is 28.2 Å². The van der Waals surface area contributed by atoms with Gasteiger partial charge in [0.05, 0.1) is 24.3 Å². The van der Waals surface area contributed by atoms with Crippen LogP contribution in [-0.2, 0) is 14.3 Å². The lowest BCUT2D eigenvalue weighted by Crippen LogP contribution is -2.03. The molecule has 0 aromatic carbocycles. The molecule has 0 radical (unpaired) electrons. The van der Waals surface area contributed by atoms with Gasteiger partial charge in [-0.15, -0.1) is 0 Å². The van der Waals surface area contributed by atoms with Crippen molar-refractivity contribution in [2.45, 2.75) is 27.7 Å². The monoisotopic (exact) mass is 354 g/mol. The van der Waals surface area contributed by atoms with Crippen molar-refractivity contribution in [3.63, 3.8) is 0 Å². The minimum absolute atomic E-state index is 0.286. The number of ether oxygens (including phenoxy) is 2. The van der Waals surface area contributed by atoms with Crippen molar-refractivity contribution in [2.24, 2.45) is 0 Å². The summed E-state index contributed by atoms with van der Waals surface area (Å²) in [6.45, 7) is 8.62. The Bertz CT molecular complexity index is 857. The van der Waals surface area contributed by atoms with Gasteiger partial charge in [0.25, 0.3) is 0 Å². The number of aryl methyl sites for hydroxylation is 2. The number of aliphatic hydroxyl groups is 1. The lowest BCUT2D eigenvalue weighted by Gasteiger charge is -2.10. The highest BCUT2D eigenvalue weighted by molar-refractivity contribution is 6.04. The lowest BCUT2D eigenvalue weighted by atomic mass is 10.0. The van der Waals surface area contributed by atoms with E-state index in [1.54, 1.807) is 6.08 Å². The van der Waals surface area contributed by atoms with Crippen LogP contribution in [0.15, 0.2) is 51.7 Å². The van der Waals surface area contributed by atoms with E-state index in [9.17, 15) is 9.90 Å². The Balaban J connectivity index is 2.28. The third-order valence-electron chi connectivity index (χ3n) is 4.22. The molecular weight excluding hydrogens is 332 g/mol. The Labute approximate surface area is 152 Å². The fourth-order valence-corrected chi connectivity index (χ4v) is 3.15. The van der Waals surface area contributed by atoms with Gasteiger partial charge in [0.1, 0.15) is 23.0 Å². The minimum Gasteiger partial charge on any atom is -0.504 e. The number of carbonyl (C=O) groups excluding carboxylic acids is 1. The first-order valence-electron chi connectivity index (χ1n) is 8.63. The molecule has 1 heterocycles. The van der Waals surface area contributed by atoms with Crippen LogP contribution >= 0.6 is 0 Å². The summed E-state index contributed by atoms with van der Waals surface area (Å²) in [5.41, 5.74) is 3.21. The van der Waals surface area contributed by atoms with Gasteiger partial charge >= 0.3 is 0 Å². The molecule has 5 heteroatoms. The van der Waals surface area contributed by atoms with Crippen LogP contribution in [0.4, 0.5) is 0 Å². The summed E-state index contributed by atoms with van der Waals surface area (Å²) in [6, 6.07) is 0. The zero-order valence-electron chi connectivity index (χ0n) is 15.4. The zero-order chi connectivity index (χ0) is 18.8. The Morgan fingerprint density at radius 1 is 0.885 bits per heavy atom. The molecular formula is C21H22O5. The van der Waals surface area contributed by atoms with Gasteiger partial charge in [0.2, 0.25) is 5.78 Å². The van der Waals surface area contributed by atoms with E-state index < -0.39 is 5.78 Å². The highest BCUT2D eigenvalue weighted by Crippen LogP contribution is 2.39. The van der Waals surface area contributed by atoms with E-state index in [1.165, 1.54) is 12.2 Å². The molecule has 0 bridgehead atoms. The summed E-state index contributed by atoms with van der Waals surface area (Å²) in [5, 5.41) is 9.82. The van der Waals surface area contributed by atoms with E-state index in [-0.39, 0.29) is 5.76 Å². The topological polar surface area (TPSA) is 68.9 Å². The fraction of sp³-hybridized carbons (Fsp3) is 0.286. The van der Waals surface area contributed by atoms with Gasteiger partial charge in [-0.25, -0.2) is 0 Å². The maximum Gasteiger partial charge on any atom is 0.220 e. The number of fused-ring (bicyclic) bond motifs is 1. The van der Waals surface area contributed by atoms with Crippen molar-refractivity contribution in [1.82, 2.24) is 0 Å². The van der Waals surface area contributed by atoms with Crippen LogP contribution in [-0.4, -0.2) is 24.1 Å². The number of ketones is 1. The van der Waals surface area contributed by atoms with Crippen molar-refractivity contribution in [3.05, 3.63) is 69.9 Å². The first-order chi connectivity index (χ1) is 12.5. The molecule has 26 heavy (non-hydrogen) atoms. The number of hydrogen-bond donors (Lipinski definition) is 1. The van der Waals surface area contributed by atoms with Gasteiger partial charge in [-0.3, -0.25) is 4.79 Å². The van der Waals surface area contributed by atoms with Gasteiger partial charge in [-0.05, 0) is 63.1 Å². The smallest absolute Gasteiger partial charge is 0.220 e. The average molecular weight is 354 g/mol. The first-order valence-corrected chi connectivity index (χ1v) is 8.63. The van der Waals surface area contributed by atoms with Crippen LogP contribution < -0.4 is 0 Å². The molecule has 1 aromatic rings. The van der Waals surface area contributed by atoms with Crippen LogP contribution in [0, 0.1) is 13.8 Å². The number of rotatable bonds is 4. The number of carbonyl (C=O) groups is 1. The molecule has 2 aliphatic rings. The Hall–Kier alpha value is -2.95. The Morgan fingerprint density at radius 3 is 1.88 bits per heavy atom. The summed E-state index contributed by atoms with van der Waals surface area (Å²) in [7, 11) is 0. The number of hydrogen-bond acceptors (Lipinski definition) is 5. The molecule has 5 nitrogen and oxygen atoms in total. The third-order valence-corrected chi connectivity index (χ3v) is 4.22. The maximum absolute atomic E-state index is 11.5. The highest BCUT2D eigenvalue weighted by Gasteiger charge is 2.27. The number of allylic oxidation sites excluding steroid dienone is 7. The Kier molecular flexibility index (Phi) is 4.89. The van der Waals surface area contributed by atoms with E-state index in [0.29, 0.717) is 30.3 Å². The molecule has 0 amide bonds. The molecule has 0 spiro atoms. The van der Waals surface area contributed by atoms with Gasteiger partial charge in [-0.2, -0.15) is 0 Å². The summed E-state index contributed by atoms with van der Waals surface area (Å²) in [4.78, 5) is 11.5. The summed E-state index contributed by atoms with van der Waals surface area (Å²) in [6.07, 6.45) is 8.25. The van der Waals surface area contributed by atoms with Gasteiger partial charge in [0, 0.05) is 0 Å². The lowest BCUT2D eigenvalue weighted by molar-refractivity contribution is -0.113. The summed E-state index contributed by atoms with van der Waals surface area (Å²) >= 11 is 0. The molecule has 0 saturated heterocycles. The molecule has 136 valence electrons. The summed E-state index contributed by atoms with van der Waals surface area (Å²) in [5.74, 6) is 2.15. The molecule has 0 fully saturated rings. The third kappa shape index (κ3) is 3.12. The maximum atomic E-state index is 11.5. The quantitative estimate of drug-likeness (QED) is 0.859. The first kappa shape index (κ1) is 17.9. The second kappa shape index (κ2) is 7.12. The van der Waals surface area contributed by atoms with Gasteiger partial charge in [0.15, 0.2) is 5.76 Å². The fourth-order valence-electron chi connectivity index (χ4n) is 3.15. The molecule has 0 saturated carbocycles. The second-order valence-corrected chi connectivity index (χ2v) is 5.99. The van der Waals surface area contributed by atoms with E-state index in [4.69, 9.17) is 13.9 Å². The van der Waals surface area contributed by atoms with Crippen LogP contribution in [0.2, 0.25) is 0 Å². The highest BCUT2D eigenvalue weighted by atomic mass is 16.5. The standard InChI is InChI=1S/C21H22O5/c1-5-24-18-10-15(14-7-8-16(22)17(23)9-14)11-19(25-6-2)21-13(4)26-12(3)20(18)21/h7-11,23H,5-6H2,1-4H3. The van der Waals surface area contributed by atoms with E-state index in [2.05, 4.69) is 0 Å². The van der Waals surface area contributed by atoms with Crippen LogP contribution in [0.25, 0.3) is 11.5 Å². The van der Waals surface area contributed by atoms with E-state index >= 15 is 0 Å². The predicted octanol–water partition coefficient (Wildman–Crippen LogP) is 4.54. The Morgan fingerprint density at radius 2 is 1.42 bits per heavy atom. The van der Waals surface area contributed by atoms with Gasteiger partial charge in [-0.1, -0.05) is 6.08 Å². The molecule has 1 aromatic heterocycles. The van der Waals surface area contributed by atoms with Crippen LogP contribution in [0.5, 0.6) is 0 Å². The molecule has 1 N–H and O–H groups in total. The molecule has 2 aliphatic carbocycles. The van der Waals surface area contributed by atoms with Gasteiger partial charge < -0.3 is 19.0 Å². The molecule has 0 atom stereocenters. The van der Waals surface area contributed by atoms with Crippen LogP contribution in [0.3, 0.4) is 0 Å².